The topological polar surface area (TPSA) is 16.4 Å². The monoisotopic (exact) mass is 819 g/mol. The average molecular weight is 820 g/mol. The summed E-state index contributed by atoms with van der Waals surface area (Å²) in [5.41, 5.74) is 12.2. The summed E-state index contributed by atoms with van der Waals surface area (Å²) in [6.07, 6.45) is 0. The van der Waals surface area contributed by atoms with Gasteiger partial charge in [0.15, 0.2) is 0 Å². The fourth-order valence-corrected chi connectivity index (χ4v) is 10.8. The van der Waals surface area contributed by atoms with Crippen molar-refractivity contribution in [1.82, 2.24) is 0 Å². The predicted molar refractivity (Wildman–Crippen MR) is 270 cm³/mol. The second kappa shape index (κ2) is 14.3. The van der Waals surface area contributed by atoms with Gasteiger partial charge < -0.3 is 9.32 Å². The zero-order valence-corrected chi connectivity index (χ0v) is 34.9. The van der Waals surface area contributed by atoms with E-state index in [1.807, 2.05) is 11.3 Å². The van der Waals surface area contributed by atoms with Crippen molar-refractivity contribution < 1.29 is 4.42 Å². The second-order valence-corrected chi connectivity index (χ2v) is 17.5. The largest absolute Gasteiger partial charge is 0.455 e. The third kappa shape index (κ3) is 5.93. The third-order valence-electron chi connectivity index (χ3n) is 12.9. The Bertz CT molecular complexity index is 3900. The van der Waals surface area contributed by atoms with Crippen molar-refractivity contribution in [2.45, 2.75) is 0 Å². The van der Waals surface area contributed by atoms with E-state index >= 15 is 0 Å². The van der Waals surface area contributed by atoms with Crippen molar-refractivity contribution in [3.63, 3.8) is 0 Å². The Balaban J connectivity index is 0.894. The summed E-state index contributed by atoms with van der Waals surface area (Å²) >= 11 is 1.86. The molecule has 0 bridgehead atoms. The lowest BCUT2D eigenvalue weighted by Crippen LogP contribution is -2.09. The van der Waals surface area contributed by atoms with Gasteiger partial charge in [0, 0.05) is 53.4 Å². The Hall–Kier alpha value is -7.98. The van der Waals surface area contributed by atoms with Crippen LogP contribution in [0.4, 0.5) is 17.1 Å². The van der Waals surface area contributed by atoms with Crippen LogP contribution in [0, 0.1) is 0 Å². The van der Waals surface area contributed by atoms with E-state index in [2.05, 4.69) is 229 Å². The van der Waals surface area contributed by atoms with E-state index < -0.39 is 0 Å². The quantitative estimate of drug-likeness (QED) is 0.155. The van der Waals surface area contributed by atoms with Crippen LogP contribution in [0.15, 0.2) is 229 Å². The Labute approximate surface area is 368 Å². The minimum absolute atomic E-state index is 0.899. The van der Waals surface area contributed by atoms with Crippen molar-refractivity contribution in [2.75, 3.05) is 4.90 Å². The van der Waals surface area contributed by atoms with Crippen LogP contribution < -0.4 is 4.90 Å². The molecule has 11 aromatic carbocycles. The molecular weight excluding hydrogens is 783 g/mol. The smallest absolute Gasteiger partial charge is 0.143 e. The number of thiophene rings is 1. The van der Waals surface area contributed by atoms with Gasteiger partial charge in [-0.15, -0.1) is 11.3 Å². The standard InChI is InChI=1S/C60H37NOS/c1-3-10-49-40(8-1)16-17-45-36-43(25-33-50(45)49)38-18-27-46(28-19-38)61(47-29-20-39(21-30-47)44-26-35-58-55(37-44)53-12-5-6-15-57(53)63-58)48-31-22-42(23-32-48)51-13-7-14-56-59(51)54-34-24-41-9-2-4-11-52(41)60(54)62-56/h1-37H. The van der Waals surface area contributed by atoms with Crippen LogP contribution >= 0.6 is 11.3 Å². The number of furan rings is 1. The first kappa shape index (κ1) is 35.7. The molecule has 2 aromatic heterocycles. The molecule has 294 valence electrons. The van der Waals surface area contributed by atoms with Gasteiger partial charge in [0.2, 0.25) is 0 Å². The number of anilines is 3. The highest BCUT2D eigenvalue weighted by Gasteiger charge is 2.18. The van der Waals surface area contributed by atoms with Gasteiger partial charge in [-0.25, -0.2) is 0 Å². The lowest BCUT2D eigenvalue weighted by Gasteiger charge is -2.26. The highest BCUT2D eigenvalue weighted by atomic mass is 32.1. The lowest BCUT2D eigenvalue weighted by molar-refractivity contribution is 0.673. The Morgan fingerprint density at radius 3 is 1.59 bits per heavy atom. The van der Waals surface area contributed by atoms with E-state index in [9.17, 15) is 0 Å². The van der Waals surface area contributed by atoms with Gasteiger partial charge in [-0.3, -0.25) is 0 Å². The molecule has 0 saturated carbocycles. The van der Waals surface area contributed by atoms with E-state index in [1.165, 1.54) is 69.4 Å². The van der Waals surface area contributed by atoms with Gasteiger partial charge >= 0.3 is 0 Å². The number of rotatable bonds is 6. The molecule has 0 aliphatic rings. The Kier molecular flexibility index (Phi) is 8.12. The Morgan fingerprint density at radius 2 is 0.841 bits per heavy atom. The first-order chi connectivity index (χ1) is 31.2. The van der Waals surface area contributed by atoms with Gasteiger partial charge in [0.05, 0.1) is 0 Å². The number of fused-ring (bicyclic) bond motifs is 11. The van der Waals surface area contributed by atoms with Crippen molar-refractivity contribution in [1.29, 1.82) is 0 Å². The number of benzene rings is 11. The summed E-state index contributed by atoms with van der Waals surface area (Å²) in [6.45, 7) is 0. The van der Waals surface area contributed by atoms with E-state index in [0.29, 0.717) is 0 Å². The number of hydrogen-bond donors (Lipinski definition) is 0. The van der Waals surface area contributed by atoms with E-state index in [-0.39, 0.29) is 0 Å². The fourth-order valence-electron chi connectivity index (χ4n) is 9.74. The first-order valence-corrected chi connectivity index (χ1v) is 22.3. The maximum atomic E-state index is 6.55. The van der Waals surface area contributed by atoms with Crippen LogP contribution in [0.2, 0.25) is 0 Å². The van der Waals surface area contributed by atoms with Gasteiger partial charge in [0.25, 0.3) is 0 Å². The minimum atomic E-state index is 0.899. The SMILES string of the molecule is c1ccc2c(c1)ccc1cc(-c3ccc(N(c4ccc(-c5ccc6sc7ccccc7c6c5)cc4)c4ccc(-c5cccc6oc7c8ccccc8ccc7c56)cc4)cc3)ccc12. The highest BCUT2D eigenvalue weighted by Crippen LogP contribution is 2.43. The zero-order valence-electron chi connectivity index (χ0n) is 34.1. The fraction of sp³-hybridized carbons (Fsp3) is 0. The summed E-state index contributed by atoms with van der Waals surface area (Å²) in [5, 5.41) is 12.3. The van der Waals surface area contributed by atoms with Gasteiger partial charge in [0.1, 0.15) is 11.2 Å². The van der Waals surface area contributed by atoms with Crippen LogP contribution in [-0.4, -0.2) is 0 Å². The third-order valence-corrected chi connectivity index (χ3v) is 14.0. The number of nitrogens with zero attached hydrogens (tertiary/aromatic N) is 1. The maximum Gasteiger partial charge on any atom is 0.143 e. The molecule has 0 aliphatic heterocycles. The molecule has 0 saturated heterocycles. The molecule has 0 spiro atoms. The summed E-state index contributed by atoms with van der Waals surface area (Å²) in [6, 6.07) is 81.8. The van der Waals surface area contributed by atoms with E-state index in [1.54, 1.807) is 0 Å². The van der Waals surface area contributed by atoms with Gasteiger partial charge in [-0.1, -0.05) is 152 Å². The molecule has 13 aromatic rings. The molecule has 13 rings (SSSR count). The number of hydrogen-bond acceptors (Lipinski definition) is 3. The summed E-state index contributed by atoms with van der Waals surface area (Å²) in [7, 11) is 0. The van der Waals surface area contributed by atoms with E-state index in [4.69, 9.17) is 4.42 Å². The zero-order chi connectivity index (χ0) is 41.4. The molecule has 0 radical (unpaired) electrons. The van der Waals surface area contributed by atoms with E-state index in [0.717, 1.165) is 55.5 Å². The molecule has 0 unspecified atom stereocenters. The molecule has 0 fully saturated rings. The van der Waals surface area contributed by atoms with Crippen molar-refractivity contribution in [3.05, 3.63) is 224 Å². The molecular formula is C60H37NOS. The molecule has 63 heavy (non-hydrogen) atoms. The second-order valence-electron chi connectivity index (χ2n) is 16.5. The lowest BCUT2D eigenvalue weighted by atomic mass is 9.97. The average Bonchev–Trinajstić information content (AvgIpc) is 3.93. The maximum absolute atomic E-state index is 6.55. The van der Waals surface area contributed by atoms with Crippen LogP contribution in [0.5, 0.6) is 0 Å². The van der Waals surface area contributed by atoms with Gasteiger partial charge in [-0.05, 0) is 133 Å². The van der Waals surface area contributed by atoms with Crippen LogP contribution in [0.3, 0.4) is 0 Å². The molecule has 3 heteroatoms. The normalized spacial score (nSPS) is 11.8. The molecule has 0 atom stereocenters. The Morgan fingerprint density at radius 1 is 0.317 bits per heavy atom. The van der Waals surface area contributed by atoms with Crippen molar-refractivity contribution in [2.24, 2.45) is 0 Å². The summed E-state index contributed by atoms with van der Waals surface area (Å²) in [4.78, 5) is 2.36. The van der Waals surface area contributed by atoms with Crippen LogP contribution in [-0.2, 0) is 0 Å². The summed E-state index contributed by atoms with van der Waals surface area (Å²) in [5.74, 6) is 0. The minimum Gasteiger partial charge on any atom is -0.455 e. The van der Waals surface area contributed by atoms with Crippen molar-refractivity contribution in [3.8, 4) is 33.4 Å². The molecule has 0 aliphatic carbocycles. The first-order valence-electron chi connectivity index (χ1n) is 21.5. The van der Waals surface area contributed by atoms with Gasteiger partial charge in [-0.2, -0.15) is 0 Å². The summed E-state index contributed by atoms with van der Waals surface area (Å²) < 4.78 is 9.20. The molecule has 0 N–H and O–H groups in total. The predicted octanol–water partition coefficient (Wildman–Crippen LogP) is 17.9. The highest BCUT2D eigenvalue weighted by molar-refractivity contribution is 7.25. The van der Waals surface area contributed by atoms with Crippen LogP contribution in [0.25, 0.3) is 108 Å². The molecule has 2 heterocycles. The van der Waals surface area contributed by atoms with Crippen molar-refractivity contribution >= 4 is 103 Å². The molecule has 0 amide bonds. The molecule has 2 nitrogen and oxygen atoms in total. The van der Waals surface area contributed by atoms with Crippen LogP contribution in [0.1, 0.15) is 0 Å².